The summed E-state index contributed by atoms with van der Waals surface area (Å²) in [6.07, 6.45) is 0. The van der Waals surface area contributed by atoms with Gasteiger partial charge in [0.2, 0.25) is 5.91 Å². The zero-order valence-electron chi connectivity index (χ0n) is 11.9. The summed E-state index contributed by atoms with van der Waals surface area (Å²) in [6, 6.07) is 16.2. The number of hydrogen-bond donors (Lipinski definition) is 0. The quantitative estimate of drug-likeness (QED) is 0.705. The first-order chi connectivity index (χ1) is 10.8. The normalized spacial score (nSPS) is 14.6. The van der Waals surface area contributed by atoms with Crippen molar-refractivity contribution in [1.29, 1.82) is 0 Å². The maximum Gasteiger partial charge on any atom is 0.242 e. The fourth-order valence-electron chi connectivity index (χ4n) is 2.78. The molecule has 0 fully saturated rings. The summed E-state index contributed by atoms with van der Waals surface area (Å²) < 4.78 is 2.88. The maximum atomic E-state index is 12.8. The predicted molar refractivity (Wildman–Crippen MR) is 97.3 cm³/mol. The van der Waals surface area contributed by atoms with E-state index in [1.54, 1.807) is 23.5 Å². The van der Waals surface area contributed by atoms with Crippen LogP contribution in [-0.2, 0) is 0 Å². The molecule has 1 aromatic heterocycles. The van der Waals surface area contributed by atoms with Crippen molar-refractivity contribution in [1.82, 2.24) is 4.57 Å². The Balaban J connectivity index is 1.77. The van der Waals surface area contributed by atoms with Crippen LogP contribution in [0.15, 0.2) is 53.5 Å². The van der Waals surface area contributed by atoms with E-state index in [4.69, 9.17) is 0 Å². The van der Waals surface area contributed by atoms with Gasteiger partial charge in [-0.1, -0.05) is 59.9 Å². The topological polar surface area (TPSA) is 34.4 Å². The molecule has 0 unspecified atom stereocenters. The molecule has 1 aliphatic rings. The van der Waals surface area contributed by atoms with Crippen molar-refractivity contribution in [3.8, 4) is 0 Å². The average Bonchev–Trinajstić information content (AvgIpc) is 3.18. The summed E-state index contributed by atoms with van der Waals surface area (Å²) in [4.78, 5) is 17.2. The zero-order valence-corrected chi connectivity index (χ0v) is 13.5. The molecule has 3 nitrogen and oxygen atoms in total. The number of benzene rings is 2. The number of carbonyl (C=O) groups excluding carboxylic acids is 1. The monoisotopic (exact) mass is 326 g/mol. The number of aliphatic imine (C=N–C) groups is 1. The van der Waals surface area contributed by atoms with Crippen molar-refractivity contribution in [2.24, 2.45) is 4.99 Å². The fraction of sp³-hybridized carbons (Fsp3) is 0.176. The van der Waals surface area contributed by atoms with Crippen molar-refractivity contribution >= 4 is 55.6 Å². The molecule has 110 valence electrons. The van der Waals surface area contributed by atoms with Crippen molar-refractivity contribution in [3.63, 3.8) is 0 Å². The van der Waals surface area contributed by atoms with Crippen LogP contribution in [0.25, 0.3) is 21.8 Å². The van der Waals surface area contributed by atoms with Gasteiger partial charge in [0, 0.05) is 16.5 Å². The number of fused-ring (bicyclic) bond motifs is 3. The summed E-state index contributed by atoms with van der Waals surface area (Å²) in [5.41, 5.74) is 1.96. The van der Waals surface area contributed by atoms with Crippen LogP contribution in [0.3, 0.4) is 0 Å². The molecule has 0 saturated heterocycles. The standard InChI is InChI=1S/C17H14N2OS2/c20-16(11-22-17-18-9-10-21-17)19-14-7-3-1-5-12(14)13-6-2-4-8-15(13)19/h1-8H,9-11H2. The second kappa shape index (κ2) is 5.82. The first-order valence-electron chi connectivity index (χ1n) is 7.16. The molecule has 22 heavy (non-hydrogen) atoms. The minimum atomic E-state index is 0.109. The Morgan fingerprint density at radius 3 is 2.32 bits per heavy atom. The molecule has 0 amide bonds. The third-order valence-corrected chi connectivity index (χ3v) is 5.94. The van der Waals surface area contributed by atoms with Gasteiger partial charge in [0.15, 0.2) is 0 Å². The lowest BCUT2D eigenvalue weighted by atomic mass is 10.2. The van der Waals surface area contributed by atoms with Gasteiger partial charge < -0.3 is 0 Å². The van der Waals surface area contributed by atoms with Crippen molar-refractivity contribution in [3.05, 3.63) is 48.5 Å². The molecule has 3 aromatic rings. The number of aromatic nitrogens is 1. The Labute approximate surface area is 136 Å². The van der Waals surface area contributed by atoms with Crippen molar-refractivity contribution in [2.75, 3.05) is 18.1 Å². The molecule has 0 spiro atoms. The van der Waals surface area contributed by atoms with Gasteiger partial charge in [-0.3, -0.25) is 14.4 Å². The summed E-state index contributed by atoms with van der Waals surface area (Å²) >= 11 is 3.29. The van der Waals surface area contributed by atoms with E-state index >= 15 is 0 Å². The molecule has 0 saturated carbocycles. The lowest BCUT2D eigenvalue weighted by molar-refractivity contribution is 0.0952. The molecule has 4 rings (SSSR count). The van der Waals surface area contributed by atoms with E-state index in [1.807, 2.05) is 41.0 Å². The van der Waals surface area contributed by atoms with E-state index in [0.29, 0.717) is 5.75 Å². The van der Waals surface area contributed by atoms with Gasteiger partial charge in [0.05, 0.1) is 23.3 Å². The van der Waals surface area contributed by atoms with E-state index < -0.39 is 0 Å². The molecular weight excluding hydrogens is 312 g/mol. The average molecular weight is 326 g/mol. The van der Waals surface area contributed by atoms with Crippen LogP contribution in [0.4, 0.5) is 0 Å². The Hall–Kier alpha value is -1.72. The van der Waals surface area contributed by atoms with Gasteiger partial charge in [-0.15, -0.1) is 0 Å². The highest BCUT2D eigenvalue weighted by Crippen LogP contribution is 2.29. The third-order valence-electron chi connectivity index (χ3n) is 3.71. The molecule has 0 atom stereocenters. The molecule has 5 heteroatoms. The highest BCUT2D eigenvalue weighted by molar-refractivity contribution is 8.39. The Bertz CT molecular complexity index is 845. The Morgan fingerprint density at radius 1 is 1.09 bits per heavy atom. The first kappa shape index (κ1) is 13.9. The maximum absolute atomic E-state index is 12.8. The van der Waals surface area contributed by atoms with Crippen LogP contribution in [0.5, 0.6) is 0 Å². The number of thioether (sulfide) groups is 2. The van der Waals surface area contributed by atoms with Gasteiger partial charge in [0.25, 0.3) is 0 Å². The summed E-state index contributed by atoms with van der Waals surface area (Å²) in [6.45, 7) is 0.872. The molecular formula is C17H14N2OS2. The summed E-state index contributed by atoms with van der Waals surface area (Å²) in [5, 5.41) is 2.26. The molecule has 1 aliphatic heterocycles. The number of para-hydroxylation sites is 2. The lowest BCUT2D eigenvalue weighted by Crippen LogP contribution is -2.13. The smallest absolute Gasteiger partial charge is 0.242 e. The zero-order chi connectivity index (χ0) is 14.9. The van der Waals surface area contributed by atoms with Crippen LogP contribution < -0.4 is 0 Å². The molecule has 0 N–H and O–H groups in total. The number of rotatable bonds is 2. The Morgan fingerprint density at radius 2 is 1.73 bits per heavy atom. The van der Waals surface area contributed by atoms with E-state index in [0.717, 1.165) is 38.5 Å². The second-order valence-electron chi connectivity index (χ2n) is 5.05. The number of nitrogens with zero attached hydrogens (tertiary/aromatic N) is 2. The number of hydrogen-bond acceptors (Lipinski definition) is 4. The third kappa shape index (κ3) is 2.34. The van der Waals surface area contributed by atoms with Crippen molar-refractivity contribution < 1.29 is 4.79 Å². The largest absolute Gasteiger partial charge is 0.279 e. The van der Waals surface area contributed by atoms with Crippen LogP contribution in [0, 0.1) is 0 Å². The number of carbonyl (C=O) groups is 1. The van der Waals surface area contributed by atoms with Gasteiger partial charge >= 0.3 is 0 Å². The highest BCUT2D eigenvalue weighted by atomic mass is 32.2. The summed E-state index contributed by atoms with van der Waals surface area (Å²) in [5.74, 6) is 1.57. The minimum absolute atomic E-state index is 0.109. The lowest BCUT2D eigenvalue weighted by Gasteiger charge is -2.05. The first-order valence-corrected chi connectivity index (χ1v) is 9.13. The van der Waals surface area contributed by atoms with E-state index in [1.165, 1.54) is 0 Å². The molecule has 2 heterocycles. The highest BCUT2D eigenvalue weighted by Gasteiger charge is 2.17. The van der Waals surface area contributed by atoms with E-state index in [9.17, 15) is 4.79 Å². The molecule has 0 bridgehead atoms. The second-order valence-corrected chi connectivity index (χ2v) is 7.35. The van der Waals surface area contributed by atoms with E-state index in [2.05, 4.69) is 17.1 Å². The SMILES string of the molecule is O=C(CSC1=NCCS1)n1c2ccccc2c2ccccc21. The van der Waals surface area contributed by atoms with Crippen LogP contribution in [0.2, 0.25) is 0 Å². The van der Waals surface area contributed by atoms with Crippen LogP contribution in [0.1, 0.15) is 4.79 Å². The van der Waals surface area contributed by atoms with Crippen LogP contribution in [-0.4, -0.2) is 32.9 Å². The Kier molecular flexibility index (Phi) is 3.68. The van der Waals surface area contributed by atoms with Gasteiger partial charge in [-0.2, -0.15) is 0 Å². The van der Waals surface area contributed by atoms with Gasteiger partial charge in [-0.05, 0) is 12.1 Å². The van der Waals surface area contributed by atoms with Gasteiger partial charge in [0.1, 0.15) is 4.38 Å². The summed E-state index contributed by atoms with van der Waals surface area (Å²) in [7, 11) is 0. The van der Waals surface area contributed by atoms with Crippen LogP contribution >= 0.6 is 23.5 Å². The predicted octanol–water partition coefficient (Wildman–Crippen LogP) is 4.27. The van der Waals surface area contributed by atoms with Crippen molar-refractivity contribution in [2.45, 2.75) is 0 Å². The molecule has 0 radical (unpaired) electrons. The minimum Gasteiger partial charge on any atom is -0.279 e. The fourth-order valence-corrected chi connectivity index (χ4v) is 4.64. The molecule has 0 aliphatic carbocycles. The molecule has 2 aromatic carbocycles. The van der Waals surface area contributed by atoms with E-state index in [-0.39, 0.29) is 5.91 Å². The van der Waals surface area contributed by atoms with Gasteiger partial charge in [-0.25, -0.2) is 0 Å².